The van der Waals surface area contributed by atoms with E-state index in [1.165, 1.54) is 0 Å². The monoisotopic (exact) mass is 300 g/mol. The van der Waals surface area contributed by atoms with Gasteiger partial charge in [-0.1, -0.05) is 15.9 Å². The molecule has 0 aliphatic carbocycles. The Hall–Kier alpha value is -1.40. The summed E-state index contributed by atoms with van der Waals surface area (Å²) >= 11 is 3.36. The molecule has 0 heterocycles. The lowest BCUT2D eigenvalue weighted by Crippen LogP contribution is -2.31. The van der Waals surface area contributed by atoms with E-state index in [4.69, 9.17) is 5.11 Å². The molecule has 6 heteroatoms. The number of benzene rings is 1. The zero-order valence-corrected chi connectivity index (χ0v) is 10.9. The average Bonchev–Trinajstić information content (AvgIpc) is 2.23. The Morgan fingerprint density at radius 3 is 2.65 bits per heavy atom. The van der Waals surface area contributed by atoms with Gasteiger partial charge in [0.15, 0.2) is 0 Å². The van der Waals surface area contributed by atoms with E-state index in [0.29, 0.717) is 5.69 Å². The van der Waals surface area contributed by atoms with Crippen LogP contribution in [0.5, 0.6) is 0 Å². The summed E-state index contributed by atoms with van der Waals surface area (Å²) in [6.45, 7) is 1.66. The summed E-state index contributed by atoms with van der Waals surface area (Å²) in [5.74, 6) is -1.26. The van der Waals surface area contributed by atoms with Crippen molar-refractivity contribution in [2.75, 3.05) is 18.4 Å². The van der Waals surface area contributed by atoms with Crippen LogP contribution in [0.4, 0.5) is 5.69 Å². The number of carbonyl (C=O) groups excluding carboxylic acids is 1. The molecule has 0 radical (unpaired) electrons. The van der Waals surface area contributed by atoms with Crippen molar-refractivity contribution in [3.63, 3.8) is 0 Å². The van der Waals surface area contributed by atoms with Crippen LogP contribution in [0, 0.1) is 6.92 Å². The van der Waals surface area contributed by atoms with Gasteiger partial charge in [0.05, 0.1) is 13.1 Å². The van der Waals surface area contributed by atoms with Crippen molar-refractivity contribution in [1.82, 2.24) is 5.32 Å². The van der Waals surface area contributed by atoms with Gasteiger partial charge in [-0.25, -0.2) is 0 Å². The van der Waals surface area contributed by atoms with Crippen molar-refractivity contribution in [2.24, 2.45) is 0 Å². The van der Waals surface area contributed by atoms with Gasteiger partial charge in [-0.2, -0.15) is 0 Å². The predicted molar refractivity (Wildman–Crippen MR) is 68.0 cm³/mol. The highest BCUT2D eigenvalue weighted by atomic mass is 79.9. The fourth-order valence-electron chi connectivity index (χ4n) is 1.21. The second-order valence-corrected chi connectivity index (χ2v) is 4.36. The third-order valence-electron chi connectivity index (χ3n) is 2.00. The third-order valence-corrected chi connectivity index (χ3v) is 2.89. The van der Waals surface area contributed by atoms with Crippen molar-refractivity contribution in [3.8, 4) is 0 Å². The van der Waals surface area contributed by atoms with Crippen LogP contribution in [-0.2, 0) is 9.59 Å². The molecule has 0 fully saturated rings. The first-order valence-electron chi connectivity index (χ1n) is 4.97. The van der Waals surface area contributed by atoms with Crippen LogP contribution in [-0.4, -0.2) is 30.1 Å². The van der Waals surface area contributed by atoms with Gasteiger partial charge in [-0.05, 0) is 30.7 Å². The highest BCUT2D eigenvalue weighted by Gasteiger charge is 2.04. The van der Waals surface area contributed by atoms with Crippen LogP contribution in [0.25, 0.3) is 0 Å². The van der Waals surface area contributed by atoms with Crippen LogP contribution >= 0.6 is 15.9 Å². The molecule has 1 aromatic rings. The molecule has 0 aliphatic rings. The molecule has 0 spiro atoms. The minimum Gasteiger partial charge on any atom is -0.480 e. The van der Waals surface area contributed by atoms with Crippen LogP contribution in [0.1, 0.15) is 5.56 Å². The maximum Gasteiger partial charge on any atom is 0.317 e. The summed E-state index contributed by atoms with van der Waals surface area (Å²) < 4.78 is 0.972. The van der Waals surface area contributed by atoms with Gasteiger partial charge in [0.2, 0.25) is 5.91 Å². The Labute approximate surface area is 107 Å². The van der Waals surface area contributed by atoms with Gasteiger partial charge in [0.25, 0.3) is 0 Å². The van der Waals surface area contributed by atoms with Crippen LogP contribution in [0.2, 0.25) is 0 Å². The van der Waals surface area contributed by atoms with E-state index >= 15 is 0 Å². The lowest BCUT2D eigenvalue weighted by atomic mass is 10.2. The molecule has 0 aromatic heterocycles. The summed E-state index contributed by atoms with van der Waals surface area (Å²) in [7, 11) is 0. The summed E-state index contributed by atoms with van der Waals surface area (Å²) in [5, 5.41) is 13.6. The molecule has 92 valence electrons. The standard InChI is InChI=1S/C11H13BrN2O3/c1-7-4-8(2-3-9(7)12)14-10(15)5-13-6-11(16)17/h2-4,13H,5-6H2,1H3,(H,14,15)(H,16,17). The van der Waals surface area contributed by atoms with Crippen molar-refractivity contribution in [1.29, 1.82) is 0 Å². The molecular formula is C11H13BrN2O3. The Morgan fingerprint density at radius 2 is 2.06 bits per heavy atom. The fourth-order valence-corrected chi connectivity index (χ4v) is 1.46. The van der Waals surface area contributed by atoms with Gasteiger partial charge < -0.3 is 10.4 Å². The SMILES string of the molecule is Cc1cc(NC(=O)CNCC(=O)O)ccc1Br. The van der Waals surface area contributed by atoms with Crippen LogP contribution < -0.4 is 10.6 Å². The topological polar surface area (TPSA) is 78.4 Å². The smallest absolute Gasteiger partial charge is 0.317 e. The van der Waals surface area contributed by atoms with Gasteiger partial charge in [-0.15, -0.1) is 0 Å². The van der Waals surface area contributed by atoms with Gasteiger partial charge in [-0.3, -0.25) is 14.9 Å². The fraction of sp³-hybridized carbons (Fsp3) is 0.273. The number of carboxylic acid groups (broad SMARTS) is 1. The summed E-state index contributed by atoms with van der Waals surface area (Å²) in [5.41, 5.74) is 1.70. The largest absolute Gasteiger partial charge is 0.480 e. The number of amides is 1. The van der Waals surface area contributed by atoms with Gasteiger partial charge in [0.1, 0.15) is 0 Å². The van der Waals surface area contributed by atoms with E-state index in [2.05, 4.69) is 26.6 Å². The number of aryl methyl sites for hydroxylation is 1. The molecule has 1 rings (SSSR count). The number of anilines is 1. The van der Waals surface area contributed by atoms with E-state index in [1.54, 1.807) is 6.07 Å². The predicted octanol–water partition coefficient (Wildman–Crippen LogP) is 1.37. The molecule has 1 aromatic carbocycles. The minimum absolute atomic E-state index is 0.0264. The molecule has 5 nitrogen and oxygen atoms in total. The quantitative estimate of drug-likeness (QED) is 0.767. The lowest BCUT2D eigenvalue weighted by Gasteiger charge is -2.07. The second kappa shape index (κ2) is 6.36. The van der Waals surface area contributed by atoms with E-state index in [1.807, 2.05) is 19.1 Å². The summed E-state index contributed by atoms with van der Waals surface area (Å²) in [4.78, 5) is 21.6. The maximum atomic E-state index is 11.4. The van der Waals surface area contributed by atoms with Crippen molar-refractivity contribution < 1.29 is 14.7 Å². The number of carboxylic acids is 1. The lowest BCUT2D eigenvalue weighted by molar-refractivity contribution is -0.135. The van der Waals surface area contributed by atoms with E-state index in [9.17, 15) is 9.59 Å². The molecular weight excluding hydrogens is 288 g/mol. The summed E-state index contributed by atoms with van der Waals surface area (Å²) in [6.07, 6.45) is 0. The molecule has 0 saturated heterocycles. The van der Waals surface area contributed by atoms with E-state index < -0.39 is 5.97 Å². The van der Waals surface area contributed by atoms with Crippen LogP contribution in [0.15, 0.2) is 22.7 Å². The van der Waals surface area contributed by atoms with Gasteiger partial charge >= 0.3 is 5.97 Å². The molecule has 17 heavy (non-hydrogen) atoms. The third kappa shape index (κ3) is 4.97. The average molecular weight is 301 g/mol. The summed E-state index contributed by atoms with van der Waals surface area (Å²) in [6, 6.07) is 5.45. The first-order valence-corrected chi connectivity index (χ1v) is 5.77. The first-order chi connectivity index (χ1) is 7.99. The second-order valence-electron chi connectivity index (χ2n) is 3.51. The number of aliphatic carboxylic acids is 1. The first kappa shape index (κ1) is 13.7. The molecule has 0 aliphatic heterocycles. The Balaban J connectivity index is 2.45. The molecule has 3 N–H and O–H groups in total. The molecule has 1 amide bonds. The normalized spacial score (nSPS) is 10.0. The number of hydrogen-bond acceptors (Lipinski definition) is 3. The molecule has 0 bridgehead atoms. The number of halogens is 1. The minimum atomic E-state index is -0.989. The molecule has 0 saturated carbocycles. The Morgan fingerprint density at radius 1 is 1.35 bits per heavy atom. The van der Waals surface area contributed by atoms with Gasteiger partial charge in [0, 0.05) is 10.2 Å². The van der Waals surface area contributed by atoms with E-state index in [-0.39, 0.29) is 19.0 Å². The Kier molecular flexibility index (Phi) is 5.11. The zero-order valence-electron chi connectivity index (χ0n) is 9.29. The number of hydrogen-bond donors (Lipinski definition) is 3. The van der Waals surface area contributed by atoms with Crippen molar-refractivity contribution >= 4 is 33.5 Å². The molecule has 0 unspecified atom stereocenters. The Bertz CT molecular complexity index is 435. The maximum absolute atomic E-state index is 11.4. The highest BCUT2D eigenvalue weighted by molar-refractivity contribution is 9.10. The van der Waals surface area contributed by atoms with Crippen molar-refractivity contribution in [3.05, 3.63) is 28.2 Å². The van der Waals surface area contributed by atoms with E-state index in [0.717, 1.165) is 10.0 Å². The number of carbonyl (C=O) groups is 2. The molecule has 0 atom stereocenters. The van der Waals surface area contributed by atoms with Crippen LogP contribution in [0.3, 0.4) is 0 Å². The highest BCUT2D eigenvalue weighted by Crippen LogP contribution is 2.19. The van der Waals surface area contributed by atoms with Crippen molar-refractivity contribution in [2.45, 2.75) is 6.92 Å². The zero-order chi connectivity index (χ0) is 12.8. The number of rotatable bonds is 5. The number of nitrogens with one attached hydrogen (secondary N) is 2.